The van der Waals surface area contributed by atoms with Crippen LogP contribution in [0, 0.1) is 0 Å². The SMILES string of the molecule is CCC(Cl)C(=O)N(C)C1CCN(C)CC1. The van der Waals surface area contributed by atoms with Crippen molar-refractivity contribution in [2.45, 2.75) is 37.6 Å². The highest BCUT2D eigenvalue weighted by Crippen LogP contribution is 2.16. The molecule has 4 heteroatoms. The van der Waals surface area contributed by atoms with Crippen LogP contribution in [-0.2, 0) is 4.79 Å². The van der Waals surface area contributed by atoms with Gasteiger partial charge in [0.2, 0.25) is 5.91 Å². The monoisotopic (exact) mass is 232 g/mol. The number of hydrogen-bond acceptors (Lipinski definition) is 2. The van der Waals surface area contributed by atoms with Crippen LogP contribution in [0.1, 0.15) is 26.2 Å². The molecule has 1 heterocycles. The molecular weight excluding hydrogens is 212 g/mol. The number of alkyl halides is 1. The van der Waals surface area contributed by atoms with Crippen LogP contribution in [0.3, 0.4) is 0 Å². The molecule has 1 rings (SSSR count). The molecule has 88 valence electrons. The van der Waals surface area contributed by atoms with Gasteiger partial charge in [0, 0.05) is 13.1 Å². The van der Waals surface area contributed by atoms with Crippen molar-refractivity contribution >= 4 is 17.5 Å². The third kappa shape index (κ3) is 3.35. The molecular formula is C11H21ClN2O. The number of piperidine rings is 1. The number of likely N-dealkylation sites (tertiary alicyclic amines) is 1. The lowest BCUT2D eigenvalue weighted by atomic mass is 10.0. The molecule has 1 saturated heterocycles. The van der Waals surface area contributed by atoms with E-state index in [4.69, 9.17) is 11.6 Å². The van der Waals surface area contributed by atoms with Crippen molar-refractivity contribution in [3.63, 3.8) is 0 Å². The number of amides is 1. The second kappa shape index (κ2) is 5.71. The molecule has 0 N–H and O–H groups in total. The fraction of sp³-hybridized carbons (Fsp3) is 0.909. The molecule has 0 aromatic heterocycles. The predicted molar refractivity (Wildman–Crippen MR) is 63.2 cm³/mol. The van der Waals surface area contributed by atoms with Gasteiger partial charge in [-0.25, -0.2) is 0 Å². The zero-order valence-corrected chi connectivity index (χ0v) is 10.6. The van der Waals surface area contributed by atoms with Crippen LogP contribution < -0.4 is 0 Å². The summed E-state index contributed by atoms with van der Waals surface area (Å²) < 4.78 is 0. The smallest absolute Gasteiger partial charge is 0.240 e. The minimum Gasteiger partial charge on any atom is -0.341 e. The largest absolute Gasteiger partial charge is 0.341 e. The van der Waals surface area contributed by atoms with Crippen molar-refractivity contribution in [1.82, 2.24) is 9.80 Å². The second-order valence-corrected chi connectivity index (χ2v) is 4.89. The quantitative estimate of drug-likeness (QED) is 0.690. The minimum absolute atomic E-state index is 0.0775. The lowest BCUT2D eigenvalue weighted by Gasteiger charge is -2.35. The van der Waals surface area contributed by atoms with E-state index in [1.807, 2.05) is 18.9 Å². The molecule has 0 aromatic carbocycles. The van der Waals surface area contributed by atoms with Gasteiger partial charge in [-0.2, -0.15) is 0 Å². The normalized spacial score (nSPS) is 21.3. The van der Waals surface area contributed by atoms with Crippen LogP contribution in [0.15, 0.2) is 0 Å². The third-order valence-electron chi connectivity index (χ3n) is 3.21. The van der Waals surface area contributed by atoms with Crippen LogP contribution >= 0.6 is 11.6 Å². The van der Waals surface area contributed by atoms with Gasteiger partial charge in [0.15, 0.2) is 0 Å². The van der Waals surface area contributed by atoms with Gasteiger partial charge >= 0.3 is 0 Å². The van der Waals surface area contributed by atoms with Gasteiger partial charge in [-0.1, -0.05) is 6.92 Å². The fourth-order valence-electron chi connectivity index (χ4n) is 1.96. The Bertz CT molecular complexity index is 215. The summed E-state index contributed by atoms with van der Waals surface area (Å²) in [5.41, 5.74) is 0. The zero-order valence-electron chi connectivity index (χ0n) is 9.87. The van der Waals surface area contributed by atoms with Crippen LogP contribution in [0.2, 0.25) is 0 Å². The average Bonchev–Trinajstić information content (AvgIpc) is 2.27. The Kier molecular flexibility index (Phi) is 4.87. The Morgan fingerprint density at radius 3 is 2.53 bits per heavy atom. The van der Waals surface area contributed by atoms with E-state index < -0.39 is 0 Å². The molecule has 1 atom stereocenters. The number of halogens is 1. The van der Waals surface area contributed by atoms with Gasteiger partial charge in [-0.05, 0) is 39.4 Å². The first-order chi connectivity index (χ1) is 7.06. The molecule has 1 aliphatic heterocycles. The third-order valence-corrected chi connectivity index (χ3v) is 3.71. The highest BCUT2D eigenvalue weighted by molar-refractivity contribution is 6.30. The topological polar surface area (TPSA) is 23.6 Å². The molecule has 1 aliphatic rings. The van der Waals surface area contributed by atoms with Crippen molar-refractivity contribution in [1.29, 1.82) is 0 Å². The number of rotatable bonds is 3. The molecule has 0 radical (unpaired) electrons. The Hall–Kier alpha value is -0.280. The van der Waals surface area contributed by atoms with Gasteiger partial charge in [0.1, 0.15) is 5.38 Å². The predicted octanol–water partition coefficient (Wildman–Crippen LogP) is 1.56. The first-order valence-electron chi connectivity index (χ1n) is 5.65. The molecule has 0 aromatic rings. The van der Waals surface area contributed by atoms with E-state index in [0.717, 1.165) is 25.9 Å². The molecule has 3 nitrogen and oxygen atoms in total. The first-order valence-corrected chi connectivity index (χ1v) is 6.09. The summed E-state index contributed by atoms with van der Waals surface area (Å²) >= 11 is 5.96. The van der Waals surface area contributed by atoms with Gasteiger partial charge in [-0.15, -0.1) is 11.6 Å². The molecule has 0 spiro atoms. The first kappa shape index (κ1) is 12.8. The number of carbonyl (C=O) groups is 1. The van der Waals surface area contributed by atoms with E-state index >= 15 is 0 Å². The van der Waals surface area contributed by atoms with Crippen molar-refractivity contribution in [2.75, 3.05) is 27.2 Å². The summed E-state index contributed by atoms with van der Waals surface area (Å²) in [5, 5.41) is -0.352. The Morgan fingerprint density at radius 2 is 2.07 bits per heavy atom. The van der Waals surface area contributed by atoms with Crippen molar-refractivity contribution in [3.8, 4) is 0 Å². The minimum atomic E-state index is -0.352. The number of carbonyl (C=O) groups excluding carboxylic acids is 1. The van der Waals surface area contributed by atoms with Crippen molar-refractivity contribution in [3.05, 3.63) is 0 Å². The van der Waals surface area contributed by atoms with Gasteiger partial charge in [-0.3, -0.25) is 4.79 Å². The van der Waals surface area contributed by atoms with E-state index in [1.54, 1.807) is 0 Å². The summed E-state index contributed by atoms with van der Waals surface area (Å²) in [6.07, 6.45) is 2.83. The lowest BCUT2D eigenvalue weighted by molar-refractivity contribution is -0.132. The highest BCUT2D eigenvalue weighted by Gasteiger charge is 2.26. The van der Waals surface area contributed by atoms with Gasteiger partial charge in [0.25, 0.3) is 0 Å². The summed E-state index contributed by atoms with van der Waals surface area (Å²) in [5.74, 6) is 0.0775. The van der Waals surface area contributed by atoms with Crippen LogP contribution in [-0.4, -0.2) is 54.3 Å². The lowest BCUT2D eigenvalue weighted by Crippen LogP contribution is -2.46. The Labute approximate surface area is 97.4 Å². The van der Waals surface area contributed by atoms with E-state index in [1.165, 1.54) is 0 Å². The number of nitrogens with zero attached hydrogens (tertiary/aromatic N) is 2. The number of hydrogen-bond donors (Lipinski definition) is 0. The molecule has 0 saturated carbocycles. The van der Waals surface area contributed by atoms with Crippen molar-refractivity contribution < 1.29 is 4.79 Å². The average molecular weight is 233 g/mol. The molecule has 1 unspecified atom stereocenters. The molecule has 1 amide bonds. The van der Waals surface area contributed by atoms with Gasteiger partial charge in [0.05, 0.1) is 0 Å². The zero-order chi connectivity index (χ0) is 11.4. The standard InChI is InChI=1S/C11H21ClN2O/c1-4-10(12)11(15)14(3)9-5-7-13(2)8-6-9/h9-10H,4-8H2,1-3H3. The maximum Gasteiger partial charge on any atom is 0.240 e. The Morgan fingerprint density at radius 1 is 1.53 bits per heavy atom. The van der Waals surface area contributed by atoms with E-state index in [-0.39, 0.29) is 11.3 Å². The maximum absolute atomic E-state index is 11.8. The molecule has 0 aliphatic carbocycles. The molecule has 0 bridgehead atoms. The van der Waals surface area contributed by atoms with Gasteiger partial charge < -0.3 is 9.80 Å². The summed E-state index contributed by atoms with van der Waals surface area (Å²) in [4.78, 5) is 16.0. The van der Waals surface area contributed by atoms with E-state index in [9.17, 15) is 4.79 Å². The van der Waals surface area contributed by atoms with Crippen molar-refractivity contribution in [2.24, 2.45) is 0 Å². The molecule has 1 fully saturated rings. The van der Waals surface area contributed by atoms with E-state index in [0.29, 0.717) is 12.5 Å². The van der Waals surface area contributed by atoms with Crippen LogP contribution in [0.25, 0.3) is 0 Å². The van der Waals surface area contributed by atoms with E-state index in [2.05, 4.69) is 11.9 Å². The summed E-state index contributed by atoms with van der Waals surface area (Å²) in [6.45, 7) is 4.08. The summed E-state index contributed by atoms with van der Waals surface area (Å²) in [7, 11) is 4.00. The second-order valence-electron chi connectivity index (χ2n) is 4.36. The highest BCUT2D eigenvalue weighted by atomic mass is 35.5. The molecule has 15 heavy (non-hydrogen) atoms. The van der Waals surface area contributed by atoms with Crippen LogP contribution in [0.5, 0.6) is 0 Å². The van der Waals surface area contributed by atoms with Crippen LogP contribution in [0.4, 0.5) is 0 Å². The fourth-order valence-corrected chi connectivity index (χ4v) is 2.11. The maximum atomic E-state index is 11.8. The summed E-state index contributed by atoms with van der Waals surface area (Å²) in [6, 6.07) is 0.376. The Balaban J connectivity index is 2.46.